The van der Waals surface area contributed by atoms with E-state index < -0.39 is 15.8 Å². The number of sulfonamides is 1. The summed E-state index contributed by atoms with van der Waals surface area (Å²) < 4.78 is 34.7. The standard InChI is InChI=1S/C18H17N3O4S/c1-11-7-13-8-12(3-6-16(13)21(11)2)10-19-26(23,24)14-4-5-15-17(9-14)25-18(22)20-15/h3-9,19H,10H2,1-2H3,(H,20,22). The molecule has 0 fully saturated rings. The molecule has 0 radical (unpaired) electrons. The molecule has 2 aromatic carbocycles. The Morgan fingerprint density at radius 2 is 1.96 bits per heavy atom. The van der Waals surface area contributed by atoms with E-state index >= 15 is 0 Å². The number of aromatic amines is 1. The van der Waals surface area contributed by atoms with Crippen LogP contribution in [0.25, 0.3) is 22.0 Å². The zero-order chi connectivity index (χ0) is 18.5. The number of fused-ring (bicyclic) bond motifs is 2. The maximum absolute atomic E-state index is 12.5. The average Bonchev–Trinajstić information content (AvgIpc) is 3.11. The van der Waals surface area contributed by atoms with Crippen LogP contribution in [0.5, 0.6) is 0 Å². The topological polar surface area (TPSA) is 97.1 Å². The van der Waals surface area contributed by atoms with Crippen LogP contribution in [0.1, 0.15) is 11.3 Å². The second kappa shape index (κ2) is 5.86. The first-order valence-electron chi connectivity index (χ1n) is 8.01. The van der Waals surface area contributed by atoms with Gasteiger partial charge in [-0.3, -0.25) is 4.98 Å². The van der Waals surface area contributed by atoms with Crippen LogP contribution < -0.4 is 10.5 Å². The molecule has 4 aromatic rings. The average molecular weight is 371 g/mol. The highest BCUT2D eigenvalue weighted by Crippen LogP contribution is 2.21. The number of nitrogens with zero attached hydrogens (tertiary/aromatic N) is 1. The number of H-pyrrole nitrogens is 1. The fourth-order valence-corrected chi connectivity index (χ4v) is 4.03. The van der Waals surface area contributed by atoms with Gasteiger partial charge in [-0.25, -0.2) is 17.9 Å². The summed E-state index contributed by atoms with van der Waals surface area (Å²) in [6, 6.07) is 12.2. The SMILES string of the molecule is Cc1cc2cc(CNS(=O)(=O)c3ccc4[nH]c(=O)oc4c3)ccc2n1C. The molecule has 0 atom stereocenters. The van der Waals surface area contributed by atoms with Crippen molar-refractivity contribution in [1.29, 1.82) is 0 Å². The molecule has 0 amide bonds. The Morgan fingerprint density at radius 1 is 1.15 bits per heavy atom. The third-order valence-electron chi connectivity index (χ3n) is 4.52. The van der Waals surface area contributed by atoms with Crippen LogP contribution in [-0.2, 0) is 23.6 Å². The third-order valence-corrected chi connectivity index (χ3v) is 5.91. The van der Waals surface area contributed by atoms with E-state index in [0.29, 0.717) is 5.52 Å². The predicted octanol–water partition coefficient (Wildman–Crippen LogP) is 2.40. The first-order chi connectivity index (χ1) is 12.3. The molecule has 2 heterocycles. The van der Waals surface area contributed by atoms with E-state index in [1.54, 1.807) is 0 Å². The van der Waals surface area contributed by atoms with Crippen LogP contribution in [0, 0.1) is 6.92 Å². The van der Waals surface area contributed by atoms with Crippen molar-refractivity contribution in [3.63, 3.8) is 0 Å². The van der Waals surface area contributed by atoms with Gasteiger partial charge in [-0.2, -0.15) is 0 Å². The van der Waals surface area contributed by atoms with Gasteiger partial charge in [0.15, 0.2) is 5.58 Å². The lowest BCUT2D eigenvalue weighted by Crippen LogP contribution is -2.23. The van der Waals surface area contributed by atoms with E-state index in [9.17, 15) is 13.2 Å². The second-order valence-corrected chi connectivity index (χ2v) is 8.00. The lowest BCUT2D eigenvalue weighted by Gasteiger charge is -2.07. The molecule has 0 saturated carbocycles. The summed E-state index contributed by atoms with van der Waals surface area (Å²) in [5, 5.41) is 1.07. The van der Waals surface area contributed by atoms with Crippen molar-refractivity contribution in [2.45, 2.75) is 18.4 Å². The first kappa shape index (κ1) is 16.6. The maximum atomic E-state index is 12.5. The van der Waals surface area contributed by atoms with Gasteiger partial charge < -0.3 is 8.98 Å². The van der Waals surface area contributed by atoms with Gasteiger partial charge in [0.05, 0.1) is 10.4 Å². The number of aryl methyl sites for hydroxylation is 2. The molecule has 7 nitrogen and oxygen atoms in total. The Balaban J connectivity index is 1.60. The van der Waals surface area contributed by atoms with E-state index in [-0.39, 0.29) is 17.0 Å². The molecule has 0 aliphatic heterocycles. The summed E-state index contributed by atoms with van der Waals surface area (Å²) in [6.07, 6.45) is 0. The van der Waals surface area contributed by atoms with Crippen LogP contribution in [0.15, 0.2) is 56.6 Å². The molecule has 134 valence electrons. The van der Waals surface area contributed by atoms with Gasteiger partial charge in [0.1, 0.15) is 0 Å². The Kier molecular flexibility index (Phi) is 3.74. The van der Waals surface area contributed by atoms with Crippen LogP contribution in [0.4, 0.5) is 0 Å². The van der Waals surface area contributed by atoms with E-state index in [0.717, 1.165) is 22.2 Å². The van der Waals surface area contributed by atoms with E-state index in [4.69, 9.17) is 4.42 Å². The van der Waals surface area contributed by atoms with Crippen molar-refractivity contribution >= 4 is 32.0 Å². The lowest BCUT2D eigenvalue weighted by atomic mass is 10.1. The fraction of sp³-hybridized carbons (Fsp3) is 0.167. The third kappa shape index (κ3) is 2.83. The smallest absolute Gasteiger partial charge is 0.408 e. The number of aromatic nitrogens is 2. The first-order valence-corrected chi connectivity index (χ1v) is 9.49. The molecule has 0 bridgehead atoms. The molecular formula is C18H17N3O4S. The van der Waals surface area contributed by atoms with Gasteiger partial charge in [-0.15, -0.1) is 0 Å². The van der Waals surface area contributed by atoms with Gasteiger partial charge in [0, 0.05) is 36.3 Å². The maximum Gasteiger partial charge on any atom is 0.417 e. The van der Waals surface area contributed by atoms with E-state index in [1.165, 1.54) is 18.2 Å². The van der Waals surface area contributed by atoms with Crippen molar-refractivity contribution in [3.05, 3.63) is 64.3 Å². The summed E-state index contributed by atoms with van der Waals surface area (Å²) in [6.45, 7) is 2.19. The van der Waals surface area contributed by atoms with Gasteiger partial charge in [-0.1, -0.05) is 6.07 Å². The molecule has 0 spiro atoms. The number of nitrogens with one attached hydrogen (secondary N) is 2. The van der Waals surface area contributed by atoms with Crippen LogP contribution in [0.2, 0.25) is 0 Å². The quantitative estimate of drug-likeness (QED) is 0.576. The highest BCUT2D eigenvalue weighted by Gasteiger charge is 2.16. The number of benzene rings is 2. The Hall–Kier alpha value is -2.84. The van der Waals surface area contributed by atoms with E-state index in [1.807, 2.05) is 32.2 Å². The van der Waals surface area contributed by atoms with Gasteiger partial charge in [0.2, 0.25) is 10.0 Å². The van der Waals surface area contributed by atoms with Crippen LogP contribution in [0.3, 0.4) is 0 Å². The van der Waals surface area contributed by atoms with Gasteiger partial charge in [0.25, 0.3) is 0 Å². The molecular weight excluding hydrogens is 354 g/mol. The molecule has 0 aliphatic rings. The molecule has 0 unspecified atom stereocenters. The summed E-state index contributed by atoms with van der Waals surface area (Å²) >= 11 is 0. The van der Waals surface area contributed by atoms with Crippen molar-refractivity contribution < 1.29 is 12.8 Å². The molecule has 8 heteroatoms. The van der Waals surface area contributed by atoms with Crippen LogP contribution in [-0.4, -0.2) is 18.0 Å². The highest BCUT2D eigenvalue weighted by molar-refractivity contribution is 7.89. The number of oxazole rings is 1. The monoisotopic (exact) mass is 371 g/mol. The molecule has 26 heavy (non-hydrogen) atoms. The minimum absolute atomic E-state index is 0.0457. The Morgan fingerprint density at radius 3 is 2.77 bits per heavy atom. The molecule has 2 N–H and O–H groups in total. The highest BCUT2D eigenvalue weighted by atomic mass is 32.2. The zero-order valence-electron chi connectivity index (χ0n) is 14.2. The molecule has 2 aromatic heterocycles. The van der Waals surface area contributed by atoms with Gasteiger partial charge in [-0.05, 0) is 42.8 Å². The minimum atomic E-state index is -3.73. The fourth-order valence-electron chi connectivity index (χ4n) is 3.00. The lowest BCUT2D eigenvalue weighted by molar-refractivity contribution is 0.553. The summed E-state index contributed by atoms with van der Waals surface area (Å²) in [5.41, 5.74) is 3.76. The number of hydrogen-bond donors (Lipinski definition) is 2. The van der Waals surface area contributed by atoms with Crippen molar-refractivity contribution in [2.24, 2.45) is 7.05 Å². The van der Waals surface area contributed by atoms with Crippen LogP contribution >= 0.6 is 0 Å². The van der Waals surface area contributed by atoms with Crippen molar-refractivity contribution in [3.8, 4) is 0 Å². The number of rotatable bonds is 4. The summed E-state index contributed by atoms with van der Waals surface area (Å²) in [7, 11) is -1.73. The second-order valence-electron chi connectivity index (χ2n) is 6.23. The predicted molar refractivity (Wildman–Crippen MR) is 98.5 cm³/mol. The molecule has 4 rings (SSSR count). The normalized spacial score (nSPS) is 12.2. The van der Waals surface area contributed by atoms with E-state index in [2.05, 4.69) is 20.3 Å². The van der Waals surface area contributed by atoms with Crippen molar-refractivity contribution in [2.75, 3.05) is 0 Å². The summed E-state index contributed by atoms with van der Waals surface area (Å²) in [5.74, 6) is -0.617. The minimum Gasteiger partial charge on any atom is -0.408 e. The Labute approximate surface area is 149 Å². The number of hydrogen-bond acceptors (Lipinski definition) is 4. The summed E-state index contributed by atoms with van der Waals surface area (Å²) in [4.78, 5) is 13.7. The zero-order valence-corrected chi connectivity index (χ0v) is 15.1. The Bertz CT molecular complexity index is 1300. The van der Waals surface area contributed by atoms with Gasteiger partial charge >= 0.3 is 5.76 Å². The molecule has 0 aliphatic carbocycles. The van der Waals surface area contributed by atoms with Crippen molar-refractivity contribution in [1.82, 2.24) is 14.3 Å². The largest absolute Gasteiger partial charge is 0.417 e. The molecule has 0 saturated heterocycles.